The molecule has 0 radical (unpaired) electrons. The molecular formula is C19H21N3O4S. The molecule has 8 heteroatoms. The lowest BCUT2D eigenvalue weighted by atomic mass is 10.1. The van der Waals surface area contributed by atoms with Gasteiger partial charge in [0.1, 0.15) is 0 Å². The molecule has 1 N–H and O–H groups in total. The molecule has 2 heterocycles. The fraction of sp³-hybridized carbons (Fsp3) is 0.316. The molecule has 1 saturated heterocycles. The number of rotatable bonds is 4. The van der Waals surface area contributed by atoms with Gasteiger partial charge in [-0.05, 0) is 31.5 Å². The molecule has 1 aromatic heterocycles. The van der Waals surface area contributed by atoms with Crippen LogP contribution in [0.1, 0.15) is 32.7 Å². The predicted octanol–water partition coefficient (Wildman–Crippen LogP) is 1.90. The second-order valence-electron chi connectivity index (χ2n) is 6.76. The highest BCUT2D eigenvalue weighted by Gasteiger charge is 2.33. The minimum absolute atomic E-state index is 0.0315. The number of aromatic nitrogens is 1. The van der Waals surface area contributed by atoms with Crippen molar-refractivity contribution in [3.8, 4) is 0 Å². The van der Waals surface area contributed by atoms with Gasteiger partial charge in [0.15, 0.2) is 9.84 Å². The van der Waals surface area contributed by atoms with E-state index in [0.29, 0.717) is 12.1 Å². The average Bonchev–Trinajstić information content (AvgIpc) is 3.02. The van der Waals surface area contributed by atoms with Crippen molar-refractivity contribution in [1.82, 2.24) is 9.88 Å². The van der Waals surface area contributed by atoms with Crippen LogP contribution in [0.4, 0.5) is 5.69 Å². The molecule has 1 unspecified atom stereocenters. The first-order valence-electron chi connectivity index (χ1n) is 8.56. The van der Waals surface area contributed by atoms with Gasteiger partial charge < -0.3 is 10.2 Å². The number of carbonyl (C=O) groups is 2. The van der Waals surface area contributed by atoms with E-state index in [1.165, 1.54) is 23.4 Å². The molecule has 1 fully saturated rings. The summed E-state index contributed by atoms with van der Waals surface area (Å²) in [6.07, 6.45) is 3.19. The molecule has 2 aromatic rings. The van der Waals surface area contributed by atoms with Gasteiger partial charge in [0.05, 0.1) is 22.6 Å². The lowest BCUT2D eigenvalue weighted by Gasteiger charge is -2.23. The van der Waals surface area contributed by atoms with Crippen molar-refractivity contribution in [2.45, 2.75) is 19.4 Å². The minimum atomic E-state index is -3.09. The summed E-state index contributed by atoms with van der Waals surface area (Å²) in [5.41, 5.74) is 2.24. The first kappa shape index (κ1) is 19.0. The number of anilines is 1. The molecule has 142 valence electrons. The van der Waals surface area contributed by atoms with E-state index in [9.17, 15) is 18.0 Å². The standard InChI is InChI=1S/C19H21N3O4S/c1-13-3-5-16(6-4-13)21-18(23)14-9-15(11-20-10-14)19(24)22(2)17-7-8-27(25,26)12-17/h3-6,9-11,17H,7-8,12H2,1-2H3,(H,21,23). The average molecular weight is 387 g/mol. The first-order valence-corrected chi connectivity index (χ1v) is 10.4. The van der Waals surface area contributed by atoms with E-state index in [0.717, 1.165) is 5.56 Å². The topological polar surface area (TPSA) is 96.4 Å². The van der Waals surface area contributed by atoms with Crippen LogP contribution in [-0.2, 0) is 9.84 Å². The van der Waals surface area contributed by atoms with Gasteiger partial charge >= 0.3 is 0 Å². The van der Waals surface area contributed by atoms with Crippen molar-refractivity contribution in [3.05, 3.63) is 59.4 Å². The number of hydrogen-bond donors (Lipinski definition) is 1. The second kappa shape index (κ2) is 7.48. The van der Waals surface area contributed by atoms with Crippen LogP contribution in [0.5, 0.6) is 0 Å². The fourth-order valence-electron chi connectivity index (χ4n) is 2.97. The Morgan fingerprint density at radius 2 is 1.81 bits per heavy atom. The van der Waals surface area contributed by atoms with Crippen molar-refractivity contribution >= 4 is 27.3 Å². The van der Waals surface area contributed by atoms with Gasteiger partial charge in [-0.3, -0.25) is 14.6 Å². The zero-order chi connectivity index (χ0) is 19.6. The number of sulfone groups is 1. The van der Waals surface area contributed by atoms with Crippen LogP contribution in [0.2, 0.25) is 0 Å². The number of hydrogen-bond acceptors (Lipinski definition) is 5. The molecule has 0 saturated carbocycles. The molecule has 0 aliphatic carbocycles. The van der Waals surface area contributed by atoms with E-state index in [-0.39, 0.29) is 40.5 Å². The number of pyridine rings is 1. The fourth-order valence-corrected chi connectivity index (χ4v) is 4.75. The minimum Gasteiger partial charge on any atom is -0.338 e. The lowest BCUT2D eigenvalue weighted by molar-refractivity contribution is 0.0747. The van der Waals surface area contributed by atoms with Crippen molar-refractivity contribution in [1.29, 1.82) is 0 Å². The number of carbonyl (C=O) groups excluding carboxylic acids is 2. The summed E-state index contributed by atoms with van der Waals surface area (Å²) in [4.78, 5) is 30.5. The van der Waals surface area contributed by atoms with E-state index in [4.69, 9.17) is 0 Å². The van der Waals surface area contributed by atoms with Crippen molar-refractivity contribution in [2.75, 3.05) is 23.9 Å². The molecule has 1 aliphatic heterocycles. The zero-order valence-corrected chi connectivity index (χ0v) is 16.0. The monoisotopic (exact) mass is 387 g/mol. The summed E-state index contributed by atoms with van der Waals surface area (Å²) >= 11 is 0. The third-order valence-corrected chi connectivity index (χ3v) is 6.38. The van der Waals surface area contributed by atoms with Crippen LogP contribution < -0.4 is 5.32 Å². The Labute approximate surface area is 158 Å². The highest BCUT2D eigenvalue weighted by molar-refractivity contribution is 7.91. The molecule has 3 rings (SSSR count). The summed E-state index contributed by atoms with van der Waals surface area (Å²) in [5, 5.41) is 2.76. The van der Waals surface area contributed by atoms with Gasteiger partial charge in [-0.15, -0.1) is 0 Å². The molecule has 0 spiro atoms. The van der Waals surface area contributed by atoms with Crippen LogP contribution in [0.15, 0.2) is 42.7 Å². The smallest absolute Gasteiger partial charge is 0.257 e. The molecule has 27 heavy (non-hydrogen) atoms. The maximum absolute atomic E-state index is 12.7. The van der Waals surface area contributed by atoms with Gasteiger partial charge in [-0.1, -0.05) is 17.7 Å². The second-order valence-corrected chi connectivity index (χ2v) is 8.98. The molecule has 1 aliphatic rings. The van der Waals surface area contributed by atoms with E-state index in [2.05, 4.69) is 10.3 Å². The molecule has 1 atom stereocenters. The van der Waals surface area contributed by atoms with Crippen LogP contribution >= 0.6 is 0 Å². The SMILES string of the molecule is Cc1ccc(NC(=O)c2cncc(C(=O)N(C)C3CCS(=O)(=O)C3)c2)cc1. The molecule has 7 nitrogen and oxygen atoms in total. The summed E-state index contributed by atoms with van der Waals surface area (Å²) in [5.74, 6) is -0.662. The van der Waals surface area contributed by atoms with Gasteiger partial charge in [0.25, 0.3) is 11.8 Å². The van der Waals surface area contributed by atoms with Crippen molar-refractivity contribution in [3.63, 3.8) is 0 Å². The highest BCUT2D eigenvalue weighted by atomic mass is 32.2. The summed E-state index contributed by atoms with van der Waals surface area (Å²) in [7, 11) is -1.51. The first-order chi connectivity index (χ1) is 12.7. The Morgan fingerprint density at radius 3 is 2.44 bits per heavy atom. The van der Waals surface area contributed by atoms with Crippen LogP contribution in [-0.4, -0.2) is 54.7 Å². The third-order valence-electron chi connectivity index (χ3n) is 4.63. The number of nitrogens with zero attached hydrogens (tertiary/aromatic N) is 2. The number of benzene rings is 1. The van der Waals surface area contributed by atoms with E-state index >= 15 is 0 Å². The van der Waals surface area contributed by atoms with Crippen LogP contribution in [0.3, 0.4) is 0 Å². The van der Waals surface area contributed by atoms with Gasteiger partial charge in [0, 0.05) is 31.2 Å². The van der Waals surface area contributed by atoms with Gasteiger partial charge in [-0.2, -0.15) is 0 Å². The van der Waals surface area contributed by atoms with Crippen molar-refractivity contribution in [2.24, 2.45) is 0 Å². The summed E-state index contributed by atoms with van der Waals surface area (Å²) in [6.45, 7) is 1.96. The number of aryl methyl sites for hydroxylation is 1. The Morgan fingerprint density at radius 1 is 1.15 bits per heavy atom. The zero-order valence-electron chi connectivity index (χ0n) is 15.2. The molecular weight excluding hydrogens is 366 g/mol. The van der Waals surface area contributed by atoms with Gasteiger partial charge in [-0.25, -0.2) is 8.42 Å². The van der Waals surface area contributed by atoms with Gasteiger partial charge in [0.2, 0.25) is 0 Å². The van der Waals surface area contributed by atoms with Crippen LogP contribution in [0, 0.1) is 6.92 Å². The largest absolute Gasteiger partial charge is 0.338 e. The Balaban J connectivity index is 1.73. The quantitative estimate of drug-likeness (QED) is 0.864. The predicted molar refractivity (Wildman–Crippen MR) is 103 cm³/mol. The van der Waals surface area contributed by atoms with Crippen molar-refractivity contribution < 1.29 is 18.0 Å². The normalized spacial score (nSPS) is 18.1. The summed E-state index contributed by atoms with van der Waals surface area (Å²) < 4.78 is 23.3. The van der Waals surface area contributed by atoms with E-state index in [1.54, 1.807) is 19.2 Å². The Bertz CT molecular complexity index is 971. The lowest BCUT2D eigenvalue weighted by Crippen LogP contribution is -2.38. The molecule has 1 aromatic carbocycles. The highest BCUT2D eigenvalue weighted by Crippen LogP contribution is 2.19. The third kappa shape index (κ3) is 4.51. The Kier molecular flexibility index (Phi) is 5.27. The summed E-state index contributed by atoms with van der Waals surface area (Å²) in [6, 6.07) is 8.48. The maximum Gasteiger partial charge on any atom is 0.257 e. The van der Waals surface area contributed by atoms with E-state index in [1.807, 2.05) is 19.1 Å². The molecule has 0 bridgehead atoms. The maximum atomic E-state index is 12.7. The molecule has 2 amide bonds. The van der Waals surface area contributed by atoms with Crippen LogP contribution in [0.25, 0.3) is 0 Å². The Hall–Kier alpha value is -2.74. The number of nitrogens with one attached hydrogen (secondary N) is 1. The van der Waals surface area contributed by atoms with E-state index < -0.39 is 9.84 Å². The number of amides is 2.